The van der Waals surface area contributed by atoms with Gasteiger partial charge in [0.1, 0.15) is 5.75 Å². The summed E-state index contributed by atoms with van der Waals surface area (Å²) in [4.78, 5) is 9.87. The van der Waals surface area contributed by atoms with Gasteiger partial charge in [0.2, 0.25) is 0 Å². The van der Waals surface area contributed by atoms with E-state index in [1.54, 1.807) is 7.11 Å². The van der Waals surface area contributed by atoms with Gasteiger partial charge in [-0.25, -0.2) is 0 Å². The van der Waals surface area contributed by atoms with Crippen molar-refractivity contribution in [2.75, 3.05) is 45.2 Å². The molecule has 25 heavy (non-hydrogen) atoms. The number of ether oxygens (including phenoxy) is 1. The zero-order valence-electron chi connectivity index (χ0n) is 14.6. The molecule has 2 aliphatic rings. The first-order chi connectivity index (χ1) is 12.2. The van der Waals surface area contributed by atoms with Crippen LogP contribution in [0.2, 0.25) is 5.02 Å². The van der Waals surface area contributed by atoms with Crippen molar-refractivity contribution in [1.29, 1.82) is 0 Å². The Morgan fingerprint density at radius 2 is 1.96 bits per heavy atom. The van der Waals surface area contributed by atoms with Gasteiger partial charge in [-0.3, -0.25) is 4.99 Å². The van der Waals surface area contributed by atoms with Crippen LogP contribution in [-0.4, -0.2) is 57.0 Å². The Hall–Kier alpha value is -2.04. The van der Waals surface area contributed by atoms with Crippen LogP contribution in [0, 0.1) is 0 Å². The zero-order valence-corrected chi connectivity index (χ0v) is 15.3. The number of piperazine rings is 1. The van der Waals surface area contributed by atoms with Crippen LogP contribution in [-0.2, 0) is 0 Å². The Morgan fingerprint density at radius 1 is 1.12 bits per heavy atom. The molecule has 2 aromatic rings. The minimum atomic E-state index is 0.380. The Balaban J connectivity index is 1.88. The second kappa shape index (κ2) is 6.70. The largest absolute Gasteiger partial charge is 0.496 e. The van der Waals surface area contributed by atoms with Gasteiger partial charge in [-0.15, -0.1) is 0 Å². The van der Waals surface area contributed by atoms with E-state index in [0.29, 0.717) is 6.04 Å². The predicted molar refractivity (Wildman–Crippen MR) is 104 cm³/mol. The number of benzene rings is 2. The number of methoxy groups -OCH3 is 1. The number of hydrogen-bond donors (Lipinski definition) is 0. The molecule has 2 heterocycles. The molecule has 1 fully saturated rings. The van der Waals surface area contributed by atoms with Crippen LogP contribution in [0.15, 0.2) is 47.5 Å². The van der Waals surface area contributed by atoms with Crippen LogP contribution in [0.1, 0.15) is 11.1 Å². The maximum Gasteiger partial charge on any atom is 0.128 e. The summed E-state index contributed by atoms with van der Waals surface area (Å²) in [6, 6.07) is 14.6. The molecule has 0 aromatic heterocycles. The summed E-state index contributed by atoms with van der Waals surface area (Å²) in [5, 5.41) is 0.730. The quantitative estimate of drug-likeness (QED) is 0.827. The van der Waals surface area contributed by atoms with Crippen molar-refractivity contribution in [3.8, 4) is 5.75 Å². The predicted octanol–water partition coefficient (Wildman–Crippen LogP) is 3.32. The number of nitrogens with zero attached hydrogens (tertiary/aromatic N) is 3. The van der Waals surface area contributed by atoms with Gasteiger partial charge >= 0.3 is 0 Å². The third kappa shape index (κ3) is 3.00. The minimum absolute atomic E-state index is 0.380. The molecule has 1 unspecified atom stereocenters. The van der Waals surface area contributed by atoms with Crippen molar-refractivity contribution >= 4 is 23.0 Å². The van der Waals surface area contributed by atoms with Gasteiger partial charge in [-0.1, -0.05) is 23.7 Å². The molecule has 4 nitrogen and oxygen atoms in total. The molecule has 0 aliphatic carbocycles. The van der Waals surface area contributed by atoms with E-state index in [4.69, 9.17) is 21.3 Å². The van der Waals surface area contributed by atoms with E-state index in [1.807, 2.05) is 30.3 Å². The van der Waals surface area contributed by atoms with Gasteiger partial charge in [0.15, 0.2) is 0 Å². The van der Waals surface area contributed by atoms with E-state index in [-0.39, 0.29) is 0 Å². The summed E-state index contributed by atoms with van der Waals surface area (Å²) < 4.78 is 5.58. The van der Waals surface area contributed by atoms with Crippen LogP contribution in [0.3, 0.4) is 0 Å². The first-order valence-electron chi connectivity index (χ1n) is 8.60. The highest BCUT2D eigenvalue weighted by molar-refractivity contribution is 6.31. The molecule has 0 bridgehead atoms. The molecule has 0 N–H and O–H groups in total. The van der Waals surface area contributed by atoms with Gasteiger partial charge in [-0.2, -0.15) is 0 Å². The molecular weight excluding hydrogens is 334 g/mol. The Kier molecular flexibility index (Phi) is 4.40. The first kappa shape index (κ1) is 16.4. The fraction of sp³-hybridized carbons (Fsp3) is 0.350. The van der Waals surface area contributed by atoms with Gasteiger partial charge in [-0.05, 0) is 37.4 Å². The number of likely N-dealkylation sites (N-methyl/N-ethyl adjacent to an activating group) is 1. The van der Waals surface area contributed by atoms with Crippen LogP contribution < -0.4 is 9.64 Å². The number of halogens is 1. The molecule has 0 saturated carbocycles. The van der Waals surface area contributed by atoms with Crippen molar-refractivity contribution in [3.63, 3.8) is 0 Å². The van der Waals surface area contributed by atoms with E-state index in [0.717, 1.165) is 53.8 Å². The fourth-order valence-electron chi connectivity index (χ4n) is 3.78. The summed E-state index contributed by atoms with van der Waals surface area (Å²) in [6.07, 6.45) is 0. The molecule has 130 valence electrons. The molecule has 4 rings (SSSR count). The third-order valence-electron chi connectivity index (χ3n) is 5.03. The Labute approximate surface area is 153 Å². The minimum Gasteiger partial charge on any atom is -0.496 e. The lowest BCUT2D eigenvalue weighted by Crippen LogP contribution is -2.53. The molecule has 0 amide bonds. The van der Waals surface area contributed by atoms with Crippen LogP contribution in [0.4, 0.5) is 5.69 Å². The Morgan fingerprint density at radius 3 is 2.80 bits per heavy atom. The topological polar surface area (TPSA) is 28.1 Å². The van der Waals surface area contributed by atoms with Crippen molar-refractivity contribution < 1.29 is 4.74 Å². The second-order valence-corrected chi connectivity index (χ2v) is 7.10. The molecule has 5 heteroatoms. The normalized spacial score (nSPS) is 20.4. The second-order valence-electron chi connectivity index (χ2n) is 6.66. The number of fused-ring (bicyclic) bond motifs is 3. The highest BCUT2D eigenvalue weighted by Crippen LogP contribution is 2.34. The van der Waals surface area contributed by atoms with Gasteiger partial charge in [0.25, 0.3) is 0 Å². The average molecular weight is 356 g/mol. The zero-order chi connectivity index (χ0) is 17.4. The molecule has 0 spiro atoms. The molecule has 1 saturated heterocycles. The summed E-state index contributed by atoms with van der Waals surface area (Å²) in [5.74, 6) is 0.837. The molecule has 0 radical (unpaired) electrons. The molecular formula is C20H22ClN3O. The van der Waals surface area contributed by atoms with E-state index >= 15 is 0 Å². The number of para-hydroxylation sites is 1. The lowest BCUT2D eigenvalue weighted by atomic mass is 9.99. The van der Waals surface area contributed by atoms with E-state index in [2.05, 4.69) is 29.0 Å². The highest BCUT2D eigenvalue weighted by Gasteiger charge is 2.31. The lowest BCUT2D eigenvalue weighted by Gasteiger charge is -2.40. The summed E-state index contributed by atoms with van der Waals surface area (Å²) in [5.41, 5.74) is 4.28. The van der Waals surface area contributed by atoms with Crippen LogP contribution >= 0.6 is 11.6 Å². The smallest absolute Gasteiger partial charge is 0.128 e. The number of hydrogen-bond acceptors (Lipinski definition) is 4. The van der Waals surface area contributed by atoms with Gasteiger partial charge in [0.05, 0.1) is 25.4 Å². The molecule has 2 aromatic carbocycles. The van der Waals surface area contributed by atoms with E-state index < -0.39 is 0 Å². The summed E-state index contributed by atoms with van der Waals surface area (Å²) in [7, 11) is 3.88. The number of anilines is 1. The highest BCUT2D eigenvalue weighted by atomic mass is 35.5. The van der Waals surface area contributed by atoms with Crippen molar-refractivity contribution in [3.05, 3.63) is 58.6 Å². The van der Waals surface area contributed by atoms with Crippen LogP contribution in [0.25, 0.3) is 0 Å². The monoisotopic (exact) mass is 355 g/mol. The summed E-state index contributed by atoms with van der Waals surface area (Å²) >= 11 is 6.34. The van der Waals surface area contributed by atoms with Crippen LogP contribution in [0.5, 0.6) is 5.75 Å². The third-order valence-corrected chi connectivity index (χ3v) is 5.27. The van der Waals surface area contributed by atoms with Crippen molar-refractivity contribution in [1.82, 2.24) is 4.90 Å². The molecule has 2 aliphatic heterocycles. The Bertz CT molecular complexity index is 820. The first-order valence-corrected chi connectivity index (χ1v) is 8.98. The maximum atomic E-state index is 6.34. The maximum absolute atomic E-state index is 6.34. The number of aliphatic imine (C=N–C) groups is 1. The summed E-state index contributed by atoms with van der Waals surface area (Å²) in [6.45, 7) is 3.85. The van der Waals surface area contributed by atoms with Crippen molar-refractivity contribution in [2.24, 2.45) is 4.99 Å². The van der Waals surface area contributed by atoms with Gasteiger partial charge in [0, 0.05) is 41.5 Å². The molecule has 1 atom stereocenters. The van der Waals surface area contributed by atoms with E-state index in [9.17, 15) is 0 Å². The van der Waals surface area contributed by atoms with Gasteiger partial charge < -0.3 is 14.5 Å². The SMILES string of the molecule is COc1ccccc1C1=NCC2CN(C)CCN2c2ccc(Cl)cc21. The van der Waals surface area contributed by atoms with Crippen molar-refractivity contribution in [2.45, 2.75) is 6.04 Å². The standard InChI is InChI=1S/C20H22ClN3O/c1-23-9-10-24-15(13-23)12-22-20(16-5-3-4-6-19(16)25-2)17-11-14(21)7-8-18(17)24/h3-8,11,15H,9-10,12-13H2,1-2H3. The average Bonchev–Trinajstić information content (AvgIpc) is 2.77. The van der Waals surface area contributed by atoms with E-state index in [1.165, 1.54) is 5.69 Å². The number of rotatable bonds is 2. The lowest BCUT2D eigenvalue weighted by molar-refractivity contribution is 0.270. The fourth-order valence-corrected chi connectivity index (χ4v) is 3.96.